The van der Waals surface area contributed by atoms with Gasteiger partial charge >= 0.3 is 0 Å². The summed E-state index contributed by atoms with van der Waals surface area (Å²) in [5, 5.41) is 6.56. The average molecular weight is 395 g/mol. The number of aromatic nitrogens is 1. The molecule has 0 fully saturated rings. The number of carbonyl (C=O) groups is 2. The van der Waals surface area contributed by atoms with E-state index in [4.69, 9.17) is 4.98 Å². The lowest BCUT2D eigenvalue weighted by Crippen LogP contribution is -2.15. The molecule has 5 heteroatoms. The van der Waals surface area contributed by atoms with Gasteiger partial charge in [-0.25, -0.2) is 4.98 Å². The van der Waals surface area contributed by atoms with Crippen molar-refractivity contribution in [2.75, 3.05) is 10.6 Å². The summed E-state index contributed by atoms with van der Waals surface area (Å²) < 4.78 is 0. The van der Waals surface area contributed by atoms with E-state index >= 15 is 0 Å². The maximum absolute atomic E-state index is 13.3. The maximum Gasteiger partial charge on any atom is 0.256 e. The fourth-order valence-electron chi connectivity index (χ4n) is 3.41. The first-order chi connectivity index (χ1) is 14.5. The third-order valence-electron chi connectivity index (χ3n) is 4.92. The van der Waals surface area contributed by atoms with E-state index in [1.54, 1.807) is 6.07 Å². The van der Waals surface area contributed by atoms with E-state index < -0.39 is 0 Å². The second-order valence-electron chi connectivity index (χ2n) is 7.05. The predicted octanol–water partition coefficient (Wildman–Crippen LogP) is 5.42. The van der Waals surface area contributed by atoms with E-state index in [1.807, 2.05) is 79.7 Å². The minimum Gasteiger partial charge on any atom is -0.326 e. The van der Waals surface area contributed by atoms with Crippen LogP contribution < -0.4 is 10.6 Å². The molecule has 1 aromatic heterocycles. The molecule has 5 nitrogen and oxygen atoms in total. The van der Waals surface area contributed by atoms with Gasteiger partial charge in [0.15, 0.2) is 0 Å². The number of amides is 2. The molecule has 0 aliphatic carbocycles. The van der Waals surface area contributed by atoms with Crippen LogP contribution in [0.3, 0.4) is 0 Å². The van der Waals surface area contributed by atoms with E-state index in [0.717, 1.165) is 27.7 Å². The Bertz CT molecular complexity index is 1250. The lowest BCUT2D eigenvalue weighted by Gasteiger charge is -2.14. The summed E-state index contributed by atoms with van der Waals surface area (Å²) in [4.78, 5) is 29.4. The van der Waals surface area contributed by atoms with E-state index in [9.17, 15) is 9.59 Å². The van der Waals surface area contributed by atoms with Gasteiger partial charge in [-0.2, -0.15) is 0 Å². The molecule has 0 aliphatic rings. The van der Waals surface area contributed by atoms with Crippen LogP contribution in [0.5, 0.6) is 0 Å². The monoisotopic (exact) mass is 395 g/mol. The van der Waals surface area contributed by atoms with Gasteiger partial charge in [-0.1, -0.05) is 54.6 Å². The summed E-state index contributed by atoms with van der Waals surface area (Å²) in [6.07, 6.45) is 0. The van der Waals surface area contributed by atoms with Crippen molar-refractivity contribution in [3.05, 3.63) is 90.0 Å². The van der Waals surface area contributed by atoms with Crippen LogP contribution in [-0.4, -0.2) is 16.8 Å². The Morgan fingerprint density at radius 3 is 2.20 bits per heavy atom. The zero-order valence-electron chi connectivity index (χ0n) is 16.8. The highest BCUT2D eigenvalue weighted by atomic mass is 16.2. The predicted molar refractivity (Wildman–Crippen MR) is 121 cm³/mol. The van der Waals surface area contributed by atoms with Gasteiger partial charge in [0.05, 0.1) is 16.8 Å². The molecule has 0 atom stereocenters. The molecule has 0 saturated heterocycles. The number of hydrogen-bond donors (Lipinski definition) is 2. The minimum atomic E-state index is -0.228. The highest BCUT2D eigenvalue weighted by Crippen LogP contribution is 2.27. The Balaban J connectivity index is 1.76. The third-order valence-corrected chi connectivity index (χ3v) is 4.92. The first-order valence-corrected chi connectivity index (χ1v) is 9.66. The Morgan fingerprint density at radius 1 is 0.800 bits per heavy atom. The van der Waals surface area contributed by atoms with E-state index in [-0.39, 0.29) is 11.8 Å². The number of nitrogens with one attached hydrogen (secondary N) is 2. The Labute approximate surface area is 174 Å². The smallest absolute Gasteiger partial charge is 0.256 e. The number of anilines is 2. The number of pyridine rings is 1. The molecule has 4 aromatic rings. The van der Waals surface area contributed by atoms with Crippen molar-refractivity contribution >= 4 is 34.1 Å². The van der Waals surface area contributed by atoms with Crippen molar-refractivity contribution in [1.29, 1.82) is 0 Å². The van der Waals surface area contributed by atoms with Gasteiger partial charge < -0.3 is 10.6 Å². The minimum absolute atomic E-state index is 0.158. The van der Waals surface area contributed by atoms with E-state index in [2.05, 4.69) is 10.6 Å². The molecule has 30 heavy (non-hydrogen) atoms. The number of fused-ring (bicyclic) bond motifs is 1. The van der Waals surface area contributed by atoms with Crippen molar-refractivity contribution < 1.29 is 9.59 Å². The summed E-state index contributed by atoms with van der Waals surface area (Å²) in [5.74, 6) is -0.386. The van der Waals surface area contributed by atoms with Crippen molar-refractivity contribution in [2.24, 2.45) is 0 Å². The quantitative estimate of drug-likeness (QED) is 0.485. The van der Waals surface area contributed by atoms with Crippen LogP contribution in [0.1, 0.15) is 22.8 Å². The van der Waals surface area contributed by atoms with Gasteiger partial charge in [-0.3, -0.25) is 9.59 Å². The molecule has 0 saturated carbocycles. The molecule has 2 N–H and O–H groups in total. The number of rotatable bonds is 4. The molecule has 2 amide bonds. The second-order valence-corrected chi connectivity index (χ2v) is 7.05. The van der Waals surface area contributed by atoms with Crippen LogP contribution in [0.4, 0.5) is 11.4 Å². The standard InChI is InChI=1S/C25H21N3O2/c1-16-21(26-17(2)29)13-8-14-22(16)28-25(30)20-15-24(18-9-4-3-5-10-18)27-23-12-7-6-11-19(20)23/h3-15H,1-2H3,(H,26,29)(H,28,30). The summed E-state index contributed by atoms with van der Waals surface area (Å²) in [5.41, 5.74) is 5.10. The molecule has 148 valence electrons. The zero-order valence-corrected chi connectivity index (χ0v) is 16.8. The molecule has 0 aliphatic heterocycles. The van der Waals surface area contributed by atoms with Gasteiger partial charge in [-0.05, 0) is 36.8 Å². The topological polar surface area (TPSA) is 71.1 Å². The second kappa shape index (κ2) is 8.17. The number of nitrogens with zero attached hydrogens (tertiary/aromatic N) is 1. The molecule has 0 bridgehead atoms. The van der Waals surface area contributed by atoms with Gasteiger partial charge in [-0.15, -0.1) is 0 Å². The van der Waals surface area contributed by atoms with E-state index in [1.165, 1.54) is 6.92 Å². The van der Waals surface area contributed by atoms with Gasteiger partial charge in [0.1, 0.15) is 0 Å². The van der Waals surface area contributed by atoms with Gasteiger partial charge in [0, 0.05) is 29.2 Å². The summed E-state index contributed by atoms with van der Waals surface area (Å²) in [7, 11) is 0. The molecule has 0 radical (unpaired) electrons. The van der Waals surface area contributed by atoms with Gasteiger partial charge in [0.2, 0.25) is 5.91 Å². The first kappa shape index (κ1) is 19.3. The normalized spacial score (nSPS) is 10.6. The fourth-order valence-corrected chi connectivity index (χ4v) is 3.41. The van der Waals surface area contributed by atoms with E-state index in [0.29, 0.717) is 16.9 Å². The number of carbonyl (C=O) groups excluding carboxylic acids is 2. The number of hydrogen-bond acceptors (Lipinski definition) is 3. The molecule has 0 spiro atoms. The summed E-state index contributed by atoms with van der Waals surface area (Å²) in [6, 6.07) is 24.6. The lowest BCUT2D eigenvalue weighted by molar-refractivity contribution is -0.114. The molecular weight excluding hydrogens is 374 g/mol. The third kappa shape index (κ3) is 3.91. The SMILES string of the molecule is CC(=O)Nc1cccc(NC(=O)c2cc(-c3ccccc3)nc3ccccc23)c1C. The molecule has 0 unspecified atom stereocenters. The van der Waals surface area contributed by atoms with Crippen molar-refractivity contribution in [2.45, 2.75) is 13.8 Å². The van der Waals surface area contributed by atoms with Crippen LogP contribution in [0.2, 0.25) is 0 Å². The van der Waals surface area contributed by atoms with Crippen LogP contribution in [0.15, 0.2) is 78.9 Å². The van der Waals surface area contributed by atoms with Crippen LogP contribution in [0, 0.1) is 6.92 Å². The van der Waals surface area contributed by atoms with Crippen molar-refractivity contribution in [3.63, 3.8) is 0 Å². The molecular formula is C25H21N3O2. The summed E-state index contributed by atoms with van der Waals surface area (Å²) >= 11 is 0. The lowest BCUT2D eigenvalue weighted by atomic mass is 10.0. The highest BCUT2D eigenvalue weighted by Gasteiger charge is 2.15. The Hall–Kier alpha value is -3.99. The summed E-state index contributed by atoms with van der Waals surface area (Å²) in [6.45, 7) is 3.32. The Morgan fingerprint density at radius 2 is 1.47 bits per heavy atom. The maximum atomic E-state index is 13.3. The molecule has 1 heterocycles. The first-order valence-electron chi connectivity index (χ1n) is 9.66. The molecule has 4 rings (SSSR count). The van der Waals surface area contributed by atoms with Gasteiger partial charge in [0.25, 0.3) is 5.91 Å². The van der Waals surface area contributed by atoms with Crippen LogP contribution in [-0.2, 0) is 4.79 Å². The molecule has 3 aromatic carbocycles. The van der Waals surface area contributed by atoms with Crippen LogP contribution >= 0.6 is 0 Å². The van der Waals surface area contributed by atoms with Crippen molar-refractivity contribution in [1.82, 2.24) is 4.98 Å². The highest BCUT2D eigenvalue weighted by molar-refractivity contribution is 6.13. The number of para-hydroxylation sites is 1. The largest absolute Gasteiger partial charge is 0.326 e. The zero-order chi connectivity index (χ0) is 21.1. The fraction of sp³-hybridized carbons (Fsp3) is 0.0800. The van der Waals surface area contributed by atoms with Crippen molar-refractivity contribution in [3.8, 4) is 11.3 Å². The number of benzene rings is 3. The van der Waals surface area contributed by atoms with Crippen LogP contribution in [0.25, 0.3) is 22.2 Å². The average Bonchev–Trinajstić information content (AvgIpc) is 2.76. The Kier molecular flexibility index (Phi) is 5.26.